The average Bonchev–Trinajstić information content (AvgIpc) is 0. The maximum atomic E-state index is 0. The second-order valence-corrected chi connectivity index (χ2v) is 0. The molecule has 0 heterocycles. The zero-order valence-electron chi connectivity index (χ0n) is 2.53. The monoisotopic (exact) mass is 305 g/mol. The van der Waals surface area contributed by atoms with Gasteiger partial charge in [0.25, 0.3) is 0 Å². The van der Waals surface area contributed by atoms with Crippen LogP contribution < -0.4 is 0 Å². The summed E-state index contributed by atoms with van der Waals surface area (Å²) in [7, 11) is 0. The summed E-state index contributed by atoms with van der Waals surface area (Å²) >= 11 is 0. The fraction of sp³-hybridized carbons (Fsp3) is 0. The van der Waals surface area contributed by atoms with Crippen LogP contribution in [0.1, 0.15) is 0 Å². The van der Waals surface area contributed by atoms with Crippen LogP contribution in [-0.2, 0) is 72.7 Å². The van der Waals surface area contributed by atoms with Crippen LogP contribution in [0, 0.1) is 0 Å². The summed E-state index contributed by atoms with van der Waals surface area (Å²) in [6.45, 7) is 0. The molecule has 0 spiro atoms. The minimum Gasteiger partial charge on any atom is 0 e. The van der Waals surface area contributed by atoms with Crippen molar-refractivity contribution in [2.45, 2.75) is 0 Å². The summed E-state index contributed by atoms with van der Waals surface area (Å²) in [6.07, 6.45) is 0. The van der Waals surface area contributed by atoms with Crippen molar-refractivity contribution < 1.29 is 72.7 Å². The average molecular weight is 305 g/mol. The summed E-state index contributed by atoms with van der Waals surface area (Å²) < 4.78 is 0. The fourth-order valence-electron chi connectivity index (χ4n) is 0. The first-order valence-corrected chi connectivity index (χ1v) is 0. The van der Waals surface area contributed by atoms with E-state index in [0.29, 0.717) is 0 Å². The van der Waals surface area contributed by atoms with Gasteiger partial charge < -0.3 is 0 Å². The molecule has 0 aromatic carbocycles. The van der Waals surface area contributed by atoms with E-state index in [1.807, 2.05) is 0 Å². The molecule has 0 aliphatic heterocycles. The van der Waals surface area contributed by atoms with Crippen molar-refractivity contribution in [2.24, 2.45) is 0 Å². The molecule has 0 N–H and O–H groups in total. The Morgan fingerprint density at radius 3 is 1.00 bits per heavy atom. The van der Waals surface area contributed by atoms with Crippen LogP contribution >= 0.6 is 0 Å². The Balaban J connectivity index is 0. The van der Waals surface area contributed by atoms with Gasteiger partial charge >= 0.3 is 0 Å². The Hall–Kier alpha value is 2.54. The predicted molar refractivity (Wildman–Crippen MR) is 11.5 cm³/mol. The first-order valence-electron chi connectivity index (χ1n) is 0. The maximum absolute atomic E-state index is 0. The van der Waals surface area contributed by atoms with Crippen LogP contribution in [0.3, 0.4) is 0 Å². The van der Waals surface area contributed by atoms with Crippen LogP contribution in [0.4, 0.5) is 0 Å². The molecule has 0 aliphatic rings. The molecular formula is BCoFeNbNiSi. The third-order valence-electron chi connectivity index (χ3n) is 0. The standard InChI is InChI=1S/B.Co.Fe.Nb.Ni.Si. The Morgan fingerprint density at radius 1 is 1.00 bits per heavy atom. The van der Waals surface area contributed by atoms with Crippen molar-refractivity contribution in [3.8, 4) is 0 Å². The van der Waals surface area contributed by atoms with Crippen LogP contribution in [0.15, 0.2) is 0 Å². The van der Waals surface area contributed by atoms with Gasteiger partial charge in [0.05, 0.1) is 0 Å². The quantitative estimate of drug-likeness (QED) is 0.516. The molecule has 0 fully saturated rings. The zero-order chi connectivity index (χ0) is 0. The Morgan fingerprint density at radius 2 is 1.00 bits per heavy atom. The summed E-state index contributed by atoms with van der Waals surface area (Å²) in [6, 6.07) is 0. The normalized spacial score (nSPS) is 0. The van der Waals surface area contributed by atoms with Crippen LogP contribution in [0.25, 0.3) is 0 Å². The zero-order valence-corrected chi connectivity index (χ0v) is 8.86. The van der Waals surface area contributed by atoms with E-state index in [4.69, 9.17) is 0 Å². The molecule has 9 radical (unpaired) electrons. The van der Waals surface area contributed by atoms with Crippen LogP contribution in [0.2, 0.25) is 0 Å². The third kappa shape index (κ3) is 31.1. The topological polar surface area (TPSA) is 0 Å². The molecule has 0 rings (SSSR count). The van der Waals surface area contributed by atoms with E-state index in [1.165, 1.54) is 0 Å². The molecule has 0 aliphatic carbocycles. The van der Waals surface area contributed by atoms with E-state index in [1.54, 1.807) is 0 Å². The molecule has 0 aromatic heterocycles. The second-order valence-electron chi connectivity index (χ2n) is 0. The van der Waals surface area contributed by atoms with E-state index in [0.717, 1.165) is 0 Å². The van der Waals surface area contributed by atoms with Gasteiger partial charge in [-0.1, -0.05) is 0 Å². The minimum absolute atomic E-state index is 0. The molecule has 6 heavy (non-hydrogen) atoms. The molecule has 0 aromatic rings. The van der Waals surface area contributed by atoms with E-state index in [2.05, 4.69) is 0 Å². The van der Waals surface area contributed by atoms with Crippen LogP contribution in [0.5, 0.6) is 0 Å². The maximum Gasteiger partial charge on any atom is 0 e. The number of hydrogen-bond acceptors (Lipinski definition) is 0. The minimum atomic E-state index is 0. The van der Waals surface area contributed by atoms with Gasteiger partial charge in [0.15, 0.2) is 0 Å². The van der Waals surface area contributed by atoms with Crippen LogP contribution in [-0.4, -0.2) is 19.4 Å². The number of hydrogen-bond donors (Lipinski definition) is 0. The molecule has 0 nitrogen and oxygen atoms in total. The Kier molecular flexibility index (Phi) is 626. The molecule has 6 heteroatoms. The second kappa shape index (κ2) is 50.0. The molecule has 0 unspecified atom stereocenters. The smallest absolute Gasteiger partial charge is 0 e. The summed E-state index contributed by atoms with van der Waals surface area (Å²) in [5.74, 6) is 0. The molecule has 39 valence electrons. The van der Waals surface area contributed by atoms with E-state index in [-0.39, 0.29) is 92.1 Å². The van der Waals surface area contributed by atoms with Crippen molar-refractivity contribution in [3.63, 3.8) is 0 Å². The molecular weight excluding hydrogens is 305 g/mol. The molecule has 0 bridgehead atoms. The molecule has 0 amide bonds. The van der Waals surface area contributed by atoms with Gasteiger partial charge in [0, 0.05) is 92.1 Å². The summed E-state index contributed by atoms with van der Waals surface area (Å²) in [5.41, 5.74) is 0. The fourth-order valence-corrected chi connectivity index (χ4v) is 0. The van der Waals surface area contributed by atoms with Gasteiger partial charge in [-0.05, 0) is 0 Å². The Labute approximate surface area is 91.1 Å². The first-order chi connectivity index (χ1) is 0. The van der Waals surface area contributed by atoms with Gasteiger partial charge in [-0.25, -0.2) is 0 Å². The molecule has 0 atom stereocenters. The predicted octanol–water partition coefficient (Wildman–Crippen LogP) is -0.772. The van der Waals surface area contributed by atoms with Gasteiger partial charge in [-0.2, -0.15) is 0 Å². The largest absolute Gasteiger partial charge is 0 e. The Bertz CT molecular complexity index is 15.5. The third-order valence-corrected chi connectivity index (χ3v) is 0. The van der Waals surface area contributed by atoms with Gasteiger partial charge in [0.2, 0.25) is 0 Å². The van der Waals surface area contributed by atoms with Crippen molar-refractivity contribution in [3.05, 3.63) is 0 Å². The van der Waals surface area contributed by atoms with Gasteiger partial charge in [-0.3, -0.25) is 0 Å². The number of rotatable bonds is 0. The van der Waals surface area contributed by atoms with Gasteiger partial charge in [0.1, 0.15) is 0 Å². The van der Waals surface area contributed by atoms with Crippen molar-refractivity contribution in [1.29, 1.82) is 0 Å². The van der Waals surface area contributed by atoms with Gasteiger partial charge in [-0.15, -0.1) is 0 Å². The molecule has 0 saturated carbocycles. The summed E-state index contributed by atoms with van der Waals surface area (Å²) in [4.78, 5) is 0. The SMILES string of the molecule is [B].[Co].[Fe].[Nb].[Ni].[Si]. The van der Waals surface area contributed by atoms with E-state index in [9.17, 15) is 0 Å². The first kappa shape index (κ1) is 75.2. The van der Waals surface area contributed by atoms with Crippen molar-refractivity contribution in [2.75, 3.05) is 0 Å². The summed E-state index contributed by atoms with van der Waals surface area (Å²) in [5, 5.41) is 0. The van der Waals surface area contributed by atoms with E-state index >= 15 is 0 Å². The van der Waals surface area contributed by atoms with E-state index < -0.39 is 0 Å². The van der Waals surface area contributed by atoms with Crippen molar-refractivity contribution >= 4 is 19.4 Å². The molecule has 0 saturated heterocycles. The van der Waals surface area contributed by atoms with Crippen molar-refractivity contribution in [1.82, 2.24) is 0 Å².